The van der Waals surface area contributed by atoms with Crippen LogP contribution >= 0.6 is 11.3 Å². The highest BCUT2D eigenvalue weighted by atomic mass is 32.1. The number of nitrogens with zero attached hydrogens (tertiary/aromatic N) is 2. The molecule has 0 saturated heterocycles. The predicted molar refractivity (Wildman–Crippen MR) is 154 cm³/mol. The Morgan fingerprint density at radius 2 is 1.67 bits per heavy atom. The minimum atomic E-state index is -1.02. The average Bonchev–Trinajstić information content (AvgIpc) is 3.74. The van der Waals surface area contributed by atoms with E-state index in [1.54, 1.807) is 18.2 Å². The minimum absolute atomic E-state index is 0.0273. The van der Waals surface area contributed by atoms with E-state index in [1.165, 1.54) is 66.1 Å². The number of rotatable bonds is 7. The fourth-order valence-electron chi connectivity index (χ4n) is 4.31. The number of aromatic carboxylic acids is 1. The van der Waals surface area contributed by atoms with Crippen molar-refractivity contribution < 1.29 is 33.0 Å². The second kappa shape index (κ2) is 11.0. The molecule has 2 aromatic heterocycles. The normalized spacial score (nSPS) is 12.6. The standard InChI is InChI=1S/C31H21F2N3O5S/c32-20-7-9-21(10-8-20)35-31(40)36(29(37)18-3-4-18)22-11-12-25(23(33)15-22)41-26-13-14-34-24-16-27(42-28(24)26)17-1-5-19(6-2-17)30(38)39/h1-2,5-16,18H,3-4H2,(H,35,40)(H,38,39). The zero-order valence-electron chi connectivity index (χ0n) is 21.7. The summed E-state index contributed by atoms with van der Waals surface area (Å²) in [4.78, 5) is 43.4. The molecule has 0 spiro atoms. The van der Waals surface area contributed by atoms with Gasteiger partial charge in [0.2, 0.25) is 5.91 Å². The molecule has 0 unspecified atom stereocenters. The van der Waals surface area contributed by atoms with Gasteiger partial charge in [0, 0.05) is 34.8 Å². The van der Waals surface area contributed by atoms with E-state index in [-0.39, 0.29) is 28.6 Å². The van der Waals surface area contributed by atoms with E-state index in [0.717, 1.165) is 21.4 Å². The van der Waals surface area contributed by atoms with E-state index in [1.807, 2.05) is 6.07 Å². The predicted octanol–water partition coefficient (Wildman–Crippen LogP) is 7.71. The van der Waals surface area contributed by atoms with Gasteiger partial charge in [-0.3, -0.25) is 9.78 Å². The van der Waals surface area contributed by atoms with Crippen LogP contribution in [0.2, 0.25) is 0 Å². The summed E-state index contributed by atoms with van der Waals surface area (Å²) >= 11 is 1.36. The third-order valence-electron chi connectivity index (χ3n) is 6.63. The van der Waals surface area contributed by atoms with Crippen LogP contribution in [-0.4, -0.2) is 28.0 Å². The van der Waals surface area contributed by atoms with Crippen molar-refractivity contribution >= 4 is 50.8 Å². The largest absolute Gasteiger partial charge is 0.478 e. The molecule has 0 atom stereocenters. The first-order chi connectivity index (χ1) is 20.3. The smallest absolute Gasteiger partial charge is 0.335 e. The van der Waals surface area contributed by atoms with Crippen molar-refractivity contribution in [1.29, 1.82) is 0 Å². The number of hydrogen-bond acceptors (Lipinski definition) is 6. The number of fused-ring (bicyclic) bond motifs is 1. The Balaban J connectivity index is 1.26. The number of pyridine rings is 1. The summed E-state index contributed by atoms with van der Waals surface area (Å²) in [5.41, 5.74) is 1.89. The number of nitrogens with one attached hydrogen (secondary N) is 1. The number of aromatic nitrogens is 1. The lowest BCUT2D eigenvalue weighted by atomic mass is 10.1. The van der Waals surface area contributed by atoms with Crippen LogP contribution in [0.4, 0.5) is 25.0 Å². The fourth-order valence-corrected chi connectivity index (χ4v) is 5.39. The molecular weight excluding hydrogens is 564 g/mol. The van der Waals surface area contributed by atoms with Crippen LogP contribution in [0.1, 0.15) is 23.2 Å². The highest BCUT2D eigenvalue weighted by Gasteiger charge is 2.37. The molecule has 0 radical (unpaired) electrons. The number of benzene rings is 3. The Morgan fingerprint density at radius 3 is 2.33 bits per heavy atom. The molecule has 5 aromatic rings. The maximum atomic E-state index is 15.4. The van der Waals surface area contributed by atoms with E-state index < -0.39 is 29.5 Å². The average molecular weight is 586 g/mol. The highest BCUT2D eigenvalue weighted by Crippen LogP contribution is 2.40. The highest BCUT2D eigenvalue weighted by molar-refractivity contribution is 7.22. The SMILES string of the molecule is O=C(O)c1ccc(-c2cc3nccc(Oc4ccc(N(C(=O)Nc5ccc(F)cc5)C(=O)C5CC5)cc4F)c3s2)cc1. The number of amides is 3. The monoisotopic (exact) mass is 585 g/mol. The molecule has 0 bridgehead atoms. The quantitative estimate of drug-likeness (QED) is 0.203. The number of thiophene rings is 1. The number of carbonyl (C=O) groups is 3. The third kappa shape index (κ3) is 5.54. The van der Waals surface area contributed by atoms with Crippen LogP contribution in [0.5, 0.6) is 11.5 Å². The van der Waals surface area contributed by atoms with Crippen molar-refractivity contribution in [3.8, 4) is 21.9 Å². The summed E-state index contributed by atoms with van der Waals surface area (Å²) in [6, 6.07) is 18.0. The lowest BCUT2D eigenvalue weighted by molar-refractivity contribution is -0.119. The van der Waals surface area contributed by atoms with E-state index in [9.17, 15) is 18.8 Å². The summed E-state index contributed by atoms with van der Waals surface area (Å²) in [5.74, 6) is -2.84. The van der Waals surface area contributed by atoms with Gasteiger partial charge in [-0.25, -0.2) is 23.3 Å². The first-order valence-corrected chi connectivity index (χ1v) is 13.7. The molecular formula is C31H21F2N3O5S. The number of ether oxygens (including phenoxy) is 1. The van der Waals surface area contributed by atoms with Crippen molar-refractivity contribution in [2.24, 2.45) is 5.92 Å². The molecule has 1 aliphatic rings. The van der Waals surface area contributed by atoms with Gasteiger partial charge < -0.3 is 15.2 Å². The molecule has 1 aliphatic carbocycles. The van der Waals surface area contributed by atoms with Crippen molar-refractivity contribution in [2.75, 3.05) is 10.2 Å². The number of carbonyl (C=O) groups excluding carboxylic acids is 2. The molecule has 2 N–H and O–H groups in total. The minimum Gasteiger partial charge on any atom is -0.478 e. The summed E-state index contributed by atoms with van der Waals surface area (Å²) in [6.45, 7) is 0. The van der Waals surface area contributed by atoms with Crippen LogP contribution in [0.3, 0.4) is 0 Å². The van der Waals surface area contributed by atoms with Gasteiger partial charge in [0.15, 0.2) is 11.6 Å². The molecule has 1 saturated carbocycles. The maximum Gasteiger partial charge on any atom is 0.335 e. The summed E-state index contributed by atoms with van der Waals surface area (Å²) in [7, 11) is 0. The maximum absolute atomic E-state index is 15.4. The summed E-state index contributed by atoms with van der Waals surface area (Å²) in [6.07, 6.45) is 2.80. The molecule has 210 valence electrons. The molecule has 11 heteroatoms. The van der Waals surface area contributed by atoms with Crippen LogP contribution in [0, 0.1) is 17.6 Å². The van der Waals surface area contributed by atoms with E-state index in [2.05, 4.69) is 10.3 Å². The number of anilines is 2. The van der Waals surface area contributed by atoms with Gasteiger partial charge in [-0.2, -0.15) is 0 Å². The third-order valence-corrected chi connectivity index (χ3v) is 7.82. The fraction of sp³-hybridized carbons (Fsp3) is 0.0968. The van der Waals surface area contributed by atoms with Gasteiger partial charge in [-0.1, -0.05) is 12.1 Å². The number of carboxylic acid groups (broad SMARTS) is 1. The zero-order chi connectivity index (χ0) is 29.4. The molecule has 3 amide bonds. The first kappa shape index (κ1) is 27.0. The molecule has 6 rings (SSSR count). The van der Waals surface area contributed by atoms with Crippen LogP contribution in [0.25, 0.3) is 20.7 Å². The van der Waals surface area contributed by atoms with E-state index >= 15 is 4.39 Å². The van der Waals surface area contributed by atoms with Gasteiger partial charge in [-0.05, 0) is 73.0 Å². The van der Waals surface area contributed by atoms with Crippen LogP contribution < -0.4 is 15.0 Å². The molecule has 8 nitrogen and oxygen atoms in total. The number of carboxylic acids is 1. The topological polar surface area (TPSA) is 109 Å². The van der Waals surface area contributed by atoms with Crippen LogP contribution in [-0.2, 0) is 4.79 Å². The van der Waals surface area contributed by atoms with Gasteiger partial charge in [0.05, 0.1) is 21.5 Å². The summed E-state index contributed by atoms with van der Waals surface area (Å²) < 4.78 is 35.2. The lowest BCUT2D eigenvalue weighted by Gasteiger charge is -2.22. The van der Waals surface area contributed by atoms with Crippen molar-refractivity contribution in [3.05, 3.63) is 102 Å². The second-order valence-electron chi connectivity index (χ2n) is 9.62. The number of imide groups is 1. The second-order valence-corrected chi connectivity index (χ2v) is 10.7. The molecule has 42 heavy (non-hydrogen) atoms. The zero-order valence-corrected chi connectivity index (χ0v) is 22.5. The molecule has 0 aliphatic heterocycles. The molecule has 3 aromatic carbocycles. The van der Waals surface area contributed by atoms with Gasteiger partial charge in [0.25, 0.3) is 0 Å². The summed E-state index contributed by atoms with van der Waals surface area (Å²) in [5, 5.41) is 11.7. The van der Waals surface area contributed by atoms with Gasteiger partial charge in [-0.15, -0.1) is 11.3 Å². The Hall–Kier alpha value is -5.16. The Bertz CT molecular complexity index is 1840. The van der Waals surface area contributed by atoms with Gasteiger partial charge in [0.1, 0.15) is 11.6 Å². The Labute approximate surface area is 241 Å². The van der Waals surface area contributed by atoms with Crippen molar-refractivity contribution in [3.63, 3.8) is 0 Å². The molecule has 2 heterocycles. The van der Waals surface area contributed by atoms with Crippen LogP contribution in [0.15, 0.2) is 85.1 Å². The number of hydrogen-bond donors (Lipinski definition) is 2. The van der Waals surface area contributed by atoms with E-state index in [0.29, 0.717) is 28.8 Å². The number of urea groups is 1. The van der Waals surface area contributed by atoms with Crippen molar-refractivity contribution in [2.45, 2.75) is 12.8 Å². The Morgan fingerprint density at radius 1 is 0.929 bits per heavy atom. The Kier molecular flexibility index (Phi) is 7.09. The van der Waals surface area contributed by atoms with Crippen molar-refractivity contribution in [1.82, 2.24) is 4.98 Å². The first-order valence-electron chi connectivity index (χ1n) is 12.9. The van der Waals surface area contributed by atoms with Gasteiger partial charge >= 0.3 is 12.0 Å². The van der Waals surface area contributed by atoms with E-state index in [4.69, 9.17) is 9.84 Å². The lowest BCUT2D eigenvalue weighted by Crippen LogP contribution is -2.41. The number of halogens is 2. The molecule has 1 fully saturated rings.